The molecule has 2 rings (SSSR count). The Bertz CT molecular complexity index is 381. The van der Waals surface area contributed by atoms with Crippen molar-refractivity contribution in [2.45, 2.75) is 64.3 Å². The Kier molecular flexibility index (Phi) is 5.25. The number of amides is 1. The maximum absolute atomic E-state index is 12.6. The quantitative estimate of drug-likeness (QED) is 0.738. The largest absolute Gasteiger partial charge is 0.481 e. The number of nitrogens with one attached hydrogen (secondary N) is 1. The van der Waals surface area contributed by atoms with Gasteiger partial charge in [0, 0.05) is 12.6 Å². The third-order valence-electron chi connectivity index (χ3n) is 5.52. The first-order valence-electron chi connectivity index (χ1n) is 8.20. The molecule has 2 aliphatic rings. The zero-order valence-corrected chi connectivity index (χ0v) is 12.9. The number of rotatable bonds is 4. The van der Waals surface area contributed by atoms with Crippen molar-refractivity contribution in [2.24, 2.45) is 23.0 Å². The SMILES string of the molecule is CC1CCC(CN)(C(=O)NC2CCC(C(=O)O)CC2)CC1. The third kappa shape index (κ3) is 3.76. The zero-order valence-electron chi connectivity index (χ0n) is 12.9. The average Bonchev–Trinajstić information content (AvgIpc) is 2.49. The van der Waals surface area contributed by atoms with Crippen LogP contribution in [0, 0.1) is 17.3 Å². The van der Waals surface area contributed by atoms with Crippen molar-refractivity contribution in [1.29, 1.82) is 0 Å². The molecule has 0 saturated heterocycles. The summed E-state index contributed by atoms with van der Waals surface area (Å²) in [5, 5.41) is 12.2. The number of carbonyl (C=O) groups is 2. The molecular formula is C16H28N2O3. The van der Waals surface area contributed by atoms with E-state index >= 15 is 0 Å². The van der Waals surface area contributed by atoms with Gasteiger partial charge in [-0.05, 0) is 57.3 Å². The number of carboxylic acid groups (broad SMARTS) is 1. The van der Waals surface area contributed by atoms with Crippen molar-refractivity contribution < 1.29 is 14.7 Å². The Hall–Kier alpha value is -1.10. The lowest BCUT2D eigenvalue weighted by Gasteiger charge is -2.39. The van der Waals surface area contributed by atoms with Crippen molar-refractivity contribution in [3.8, 4) is 0 Å². The molecule has 4 N–H and O–H groups in total. The first-order valence-corrected chi connectivity index (χ1v) is 8.20. The highest BCUT2D eigenvalue weighted by atomic mass is 16.4. The van der Waals surface area contributed by atoms with E-state index in [0.717, 1.165) is 38.5 Å². The standard InChI is InChI=1S/C16H28N2O3/c1-11-6-8-16(10-17,9-7-11)15(21)18-13-4-2-12(3-5-13)14(19)20/h11-13H,2-10,17H2,1H3,(H,18,21)(H,19,20). The molecule has 120 valence electrons. The van der Waals surface area contributed by atoms with Gasteiger partial charge in [-0.1, -0.05) is 6.92 Å². The maximum atomic E-state index is 12.6. The minimum atomic E-state index is -0.709. The monoisotopic (exact) mass is 296 g/mol. The highest BCUT2D eigenvalue weighted by Gasteiger charge is 2.41. The van der Waals surface area contributed by atoms with Gasteiger partial charge in [-0.25, -0.2) is 0 Å². The topological polar surface area (TPSA) is 92.4 Å². The summed E-state index contributed by atoms with van der Waals surface area (Å²) in [4.78, 5) is 23.6. The van der Waals surface area contributed by atoms with E-state index in [9.17, 15) is 9.59 Å². The summed E-state index contributed by atoms with van der Waals surface area (Å²) >= 11 is 0. The summed E-state index contributed by atoms with van der Waals surface area (Å²) in [6, 6.07) is 0.121. The summed E-state index contributed by atoms with van der Waals surface area (Å²) < 4.78 is 0. The first kappa shape index (κ1) is 16.3. The van der Waals surface area contributed by atoms with Gasteiger partial charge in [-0.3, -0.25) is 9.59 Å². The van der Waals surface area contributed by atoms with Gasteiger partial charge in [0.2, 0.25) is 5.91 Å². The summed E-state index contributed by atoms with van der Waals surface area (Å²) in [6.45, 7) is 2.64. The van der Waals surface area contributed by atoms with Gasteiger partial charge in [0.25, 0.3) is 0 Å². The Morgan fingerprint density at radius 1 is 1.14 bits per heavy atom. The fourth-order valence-electron chi connectivity index (χ4n) is 3.66. The fourth-order valence-corrected chi connectivity index (χ4v) is 3.66. The summed E-state index contributed by atoms with van der Waals surface area (Å²) in [5.41, 5.74) is 5.52. The molecule has 21 heavy (non-hydrogen) atoms. The van der Waals surface area contributed by atoms with Crippen molar-refractivity contribution in [1.82, 2.24) is 5.32 Å². The summed E-state index contributed by atoms with van der Waals surface area (Å²) in [7, 11) is 0. The molecule has 0 spiro atoms. The molecule has 0 aliphatic heterocycles. The summed E-state index contributed by atoms with van der Waals surface area (Å²) in [6.07, 6.45) is 6.73. The van der Waals surface area contributed by atoms with Gasteiger partial charge in [0.05, 0.1) is 11.3 Å². The van der Waals surface area contributed by atoms with E-state index in [1.165, 1.54) is 0 Å². The van der Waals surface area contributed by atoms with E-state index in [1.54, 1.807) is 0 Å². The predicted octanol–water partition coefficient (Wildman–Crippen LogP) is 1.90. The highest BCUT2D eigenvalue weighted by molar-refractivity contribution is 5.83. The van der Waals surface area contributed by atoms with Crippen LogP contribution in [0.25, 0.3) is 0 Å². The van der Waals surface area contributed by atoms with Gasteiger partial charge < -0.3 is 16.2 Å². The van der Waals surface area contributed by atoms with Crippen LogP contribution in [0.5, 0.6) is 0 Å². The zero-order chi connectivity index (χ0) is 15.5. The van der Waals surface area contributed by atoms with Gasteiger partial charge in [-0.2, -0.15) is 0 Å². The Morgan fingerprint density at radius 2 is 1.71 bits per heavy atom. The molecule has 2 aliphatic carbocycles. The molecule has 0 radical (unpaired) electrons. The number of carbonyl (C=O) groups excluding carboxylic acids is 1. The molecule has 0 atom stereocenters. The van der Waals surface area contributed by atoms with Crippen LogP contribution < -0.4 is 11.1 Å². The molecule has 5 heteroatoms. The number of hydrogen-bond donors (Lipinski definition) is 3. The molecule has 0 bridgehead atoms. The molecule has 1 amide bonds. The molecule has 0 unspecified atom stereocenters. The van der Waals surface area contributed by atoms with Crippen LogP contribution in [0.2, 0.25) is 0 Å². The molecule has 2 saturated carbocycles. The molecule has 5 nitrogen and oxygen atoms in total. The maximum Gasteiger partial charge on any atom is 0.306 e. The summed E-state index contributed by atoms with van der Waals surface area (Å²) in [5.74, 6) is -0.171. The molecule has 0 heterocycles. The van der Waals surface area contributed by atoms with E-state index in [0.29, 0.717) is 25.3 Å². The van der Waals surface area contributed by atoms with Crippen LogP contribution in [0.4, 0.5) is 0 Å². The van der Waals surface area contributed by atoms with Gasteiger partial charge in [-0.15, -0.1) is 0 Å². The predicted molar refractivity (Wildman–Crippen MR) is 80.6 cm³/mol. The van der Waals surface area contributed by atoms with Gasteiger partial charge in [0.1, 0.15) is 0 Å². The smallest absolute Gasteiger partial charge is 0.306 e. The molecule has 2 fully saturated rings. The Labute approximate surface area is 126 Å². The van der Waals surface area contributed by atoms with Gasteiger partial charge >= 0.3 is 5.97 Å². The second-order valence-electron chi connectivity index (χ2n) is 7.03. The van der Waals surface area contributed by atoms with Crippen molar-refractivity contribution in [2.75, 3.05) is 6.54 Å². The molecule has 0 aromatic rings. The second-order valence-corrected chi connectivity index (χ2v) is 7.03. The normalized spacial score (nSPS) is 37.0. The highest BCUT2D eigenvalue weighted by Crippen LogP contribution is 2.38. The number of nitrogens with two attached hydrogens (primary N) is 1. The van der Waals surface area contributed by atoms with Crippen LogP contribution in [0.1, 0.15) is 58.3 Å². The van der Waals surface area contributed by atoms with Crippen LogP contribution in [0.15, 0.2) is 0 Å². The number of aliphatic carboxylic acids is 1. The van der Waals surface area contributed by atoms with Crippen LogP contribution in [-0.4, -0.2) is 29.6 Å². The number of hydrogen-bond acceptors (Lipinski definition) is 3. The van der Waals surface area contributed by atoms with E-state index in [-0.39, 0.29) is 17.9 Å². The second kappa shape index (κ2) is 6.77. The van der Waals surface area contributed by atoms with E-state index in [1.807, 2.05) is 0 Å². The van der Waals surface area contributed by atoms with Crippen LogP contribution in [-0.2, 0) is 9.59 Å². The van der Waals surface area contributed by atoms with Crippen molar-refractivity contribution >= 4 is 11.9 Å². The molecular weight excluding hydrogens is 268 g/mol. The van der Waals surface area contributed by atoms with Crippen molar-refractivity contribution in [3.63, 3.8) is 0 Å². The van der Waals surface area contributed by atoms with E-state index in [4.69, 9.17) is 10.8 Å². The first-order chi connectivity index (χ1) is 9.97. The minimum Gasteiger partial charge on any atom is -0.481 e. The lowest BCUT2D eigenvalue weighted by molar-refractivity contribution is -0.143. The van der Waals surface area contributed by atoms with Crippen LogP contribution >= 0.6 is 0 Å². The molecule has 0 aromatic carbocycles. The Balaban J connectivity index is 1.87. The van der Waals surface area contributed by atoms with E-state index < -0.39 is 11.4 Å². The fraction of sp³-hybridized carbons (Fsp3) is 0.875. The lowest BCUT2D eigenvalue weighted by Crippen LogP contribution is -2.51. The number of carboxylic acids is 1. The minimum absolute atomic E-state index is 0.0932. The van der Waals surface area contributed by atoms with Gasteiger partial charge in [0.15, 0.2) is 0 Å². The average molecular weight is 296 g/mol. The van der Waals surface area contributed by atoms with E-state index in [2.05, 4.69) is 12.2 Å². The van der Waals surface area contributed by atoms with Crippen molar-refractivity contribution in [3.05, 3.63) is 0 Å². The Morgan fingerprint density at radius 3 is 2.19 bits per heavy atom. The lowest BCUT2D eigenvalue weighted by atomic mass is 9.70. The molecule has 0 aromatic heterocycles. The third-order valence-corrected chi connectivity index (χ3v) is 5.52. The van der Waals surface area contributed by atoms with Crippen LogP contribution in [0.3, 0.4) is 0 Å².